The van der Waals surface area contributed by atoms with Crippen LogP contribution in [0.4, 0.5) is 5.69 Å². The van der Waals surface area contributed by atoms with Crippen LogP contribution in [0.25, 0.3) is 0 Å². The van der Waals surface area contributed by atoms with E-state index in [0.29, 0.717) is 0 Å². The van der Waals surface area contributed by atoms with Crippen molar-refractivity contribution in [3.05, 3.63) is 30.3 Å². The van der Waals surface area contributed by atoms with E-state index in [9.17, 15) is 4.79 Å². The van der Waals surface area contributed by atoms with Crippen molar-refractivity contribution in [2.75, 3.05) is 12.1 Å². The molecule has 0 radical (unpaired) electrons. The Morgan fingerprint density at radius 1 is 1.30 bits per heavy atom. The van der Waals surface area contributed by atoms with Crippen LogP contribution < -0.4 is 5.01 Å². The Bertz CT molecular complexity index is 503. The van der Waals surface area contributed by atoms with Crippen molar-refractivity contribution in [1.82, 2.24) is 0 Å². The molecule has 1 aliphatic heterocycles. The first kappa shape index (κ1) is 14.6. The van der Waals surface area contributed by atoms with Gasteiger partial charge in [-0.3, -0.25) is 5.01 Å². The lowest BCUT2D eigenvalue weighted by Gasteiger charge is -2.35. The summed E-state index contributed by atoms with van der Waals surface area (Å²) in [5.41, 5.74) is 2.04. The van der Waals surface area contributed by atoms with Crippen LogP contribution in [-0.4, -0.2) is 24.8 Å². The minimum atomic E-state index is -0.339. The molecule has 4 nitrogen and oxygen atoms in total. The molecule has 1 aliphatic rings. The number of esters is 1. The number of ether oxygens (including phenoxy) is 1. The molecule has 0 N–H and O–H groups in total. The summed E-state index contributed by atoms with van der Waals surface area (Å²) in [4.78, 5) is 12.0. The van der Waals surface area contributed by atoms with Crippen LogP contribution in [0.3, 0.4) is 0 Å². The van der Waals surface area contributed by atoms with Gasteiger partial charge in [-0.15, -0.1) is 0 Å². The van der Waals surface area contributed by atoms with E-state index in [2.05, 4.69) is 20.8 Å². The Hall–Kier alpha value is -1.84. The van der Waals surface area contributed by atoms with Gasteiger partial charge >= 0.3 is 5.97 Å². The highest BCUT2D eigenvalue weighted by Gasteiger charge is 2.34. The fraction of sp³-hybridized carbons (Fsp3) is 0.500. The maximum Gasteiger partial charge on any atom is 0.330 e. The first-order valence-corrected chi connectivity index (χ1v) is 6.93. The van der Waals surface area contributed by atoms with E-state index in [1.807, 2.05) is 30.3 Å². The molecule has 4 heteroatoms. The van der Waals surface area contributed by atoms with Crippen LogP contribution in [0.15, 0.2) is 35.4 Å². The molecule has 0 spiro atoms. The summed E-state index contributed by atoms with van der Waals surface area (Å²) in [5.74, 6) is -0.231. The van der Waals surface area contributed by atoms with E-state index in [1.54, 1.807) is 5.01 Å². The number of hydrogen-bond acceptors (Lipinski definition) is 4. The van der Waals surface area contributed by atoms with Crippen molar-refractivity contribution in [2.45, 2.75) is 39.7 Å². The summed E-state index contributed by atoms with van der Waals surface area (Å²) in [6.45, 7) is 6.44. The molecular weight excluding hydrogens is 252 g/mol. The van der Waals surface area contributed by atoms with E-state index < -0.39 is 0 Å². The molecule has 108 valence electrons. The highest BCUT2D eigenvalue weighted by atomic mass is 16.5. The van der Waals surface area contributed by atoms with Gasteiger partial charge in [0.1, 0.15) is 0 Å². The smallest absolute Gasteiger partial charge is 0.330 e. The molecule has 1 atom stereocenters. The summed E-state index contributed by atoms with van der Waals surface area (Å²) >= 11 is 0. The monoisotopic (exact) mass is 274 g/mol. The minimum Gasteiger partial charge on any atom is -0.467 e. The van der Waals surface area contributed by atoms with Gasteiger partial charge in [0.2, 0.25) is 0 Å². The number of methoxy groups -OCH3 is 1. The Morgan fingerprint density at radius 3 is 2.50 bits per heavy atom. The van der Waals surface area contributed by atoms with Gasteiger partial charge in [-0.05, 0) is 25.0 Å². The quantitative estimate of drug-likeness (QED) is 0.777. The predicted octanol–water partition coefficient (Wildman–Crippen LogP) is 3.23. The zero-order valence-electron chi connectivity index (χ0n) is 12.6. The van der Waals surface area contributed by atoms with Crippen molar-refractivity contribution >= 4 is 17.4 Å². The lowest BCUT2D eigenvalue weighted by molar-refractivity contribution is -0.142. The van der Waals surface area contributed by atoms with Gasteiger partial charge in [0.15, 0.2) is 6.04 Å². The van der Waals surface area contributed by atoms with E-state index in [1.165, 1.54) is 7.11 Å². The number of hydrogen-bond donors (Lipinski definition) is 0. The highest BCUT2D eigenvalue weighted by Crippen LogP contribution is 2.30. The SMILES string of the molecule is COC(=O)C1CCC(C(C)(C)C)=NN1c1ccccc1. The molecule has 2 rings (SSSR count). The van der Waals surface area contributed by atoms with Gasteiger partial charge in [-0.2, -0.15) is 5.10 Å². The van der Waals surface area contributed by atoms with Gasteiger partial charge < -0.3 is 4.74 Å². The van der Waals surface area contributed by atoms with Gasteiger partial charge in [-0.1, -0.05) is 39.0 Å². The molecule has 0 saturated carbocycles. The summed E-state index contributed by atoms with van der Waals surface area (Å²) < 4.78 is 4.91. The largest absolute Gasteiger partial charge is 0.467 e. The standard InChI is InChI=1S/C16H22N2O2/c1-16(2,3)14-11-10-13(15(19)20-4)18(17-14)12-8-6-5-7-9-12/h5-9,13H,10-11H2,1-4H3. The fourth-order valence-electron chi connectivity index (χ4n) is 2.34. The molecule has 1 heterocycles. The molecular formula is C16H22N2O2. The van der Waals surface area contributed by atoms with Gasteiger partial charge in [0.05, 0.1) is 12.8 Å². The number of para-hydroxylation sites is 1. The zero-order valence-corrected chi connectivity index (χ0v) is 12.6. The average Bonchev–Trinajstić information content (AvgIpc) is 2.46. The fourth-order valence-corrected chi connectivity index (χ4v) is 2.34. The molecule has 0 aliphatic carbocycles. The molecule has 0 fully saturated rings. The second kappa shape index (κ2) is 5.65. The number of hydrazone groups is 1. The van der Waals surface area contributed by atoms with Crippen LogP contribution in [-0.2, 0) is 9.53 Å². The third kappa shape index (κ3) is 3.00. The molecule has 1 aromatic rings. The maximum atomic E-state index is 12.0. The van der Waals surface area contributed by atoms with E-state index in [-0.39, 0.29) is 17.4 Å². The first-order chi connectivity index (χ1) is 9.43. The van der Waals surface area contributed by atoms with Crippen LogP contribution in [0.2, 0.25) is 0 Å². The summed E-state index contributed by atoms with van der Waals surface area (Å²) in [6.07, 6.45) is 1.56. The highest BCUT2D eigenvalue weighted by molar-refractivity contribution is 5.93. The molecule has 20 heavy (non-hydrogen) atoms. The van der Waals surface area contributed by atoms with Crippen molar-refractivity contribution in [3.8, 4) is 0 Å². The normalized spacial score (nSPS) is 19.5. The molecule has 1 unspecified atom stereocenters. The number of carbonyl (C=O) groups excluding carboxylic acids is 1. The van der Waals surface area contributed by atoms with Crippen molar-refractivity contribution < 1.29 is 9.53 Å². The number of nitrogens with zero attached hydrogens (tertiary/aromatic N) is 2. The number of benzene rings is 1. The average molecular weight is 274 g/mol. The van der Waals surface area contributed by atoms with E-state index in [0.717, 1.165) is 24.2 Å². The molecule has 0 bridgehead atoms. The molecule has 0 amide bonds. The second-order valence-corrected chi connectivity index (χ2v) is 6.05. The molecule has 0 saturated heterocycles. The van der Waals surface area contributed by atoms with Crippen LogP contribution in [0.5, 0.6) is 0 Å². The van der Waals surface area contributed by atoms with Crippen LogP contribution in [0.1, 0.15) is 33.6 Å². The van der Waals surface area contributed by atoms with Crippen molar-refractivity contribution in [2.24, 2.45) is 10.5 Å². The second-order valence-electron chi connectivity index (χ2n) is 6.05. The number of rotatable bonds is 2. The first-order valence-electron chi connectivity index (χ1n) is 6.93. The van der Waals surface area contributed by atoms with Crippen LogP contribution in [0, 0.1) is 5.41 Å². The minimum absolute atomic E-state index is 0.00806. The van der Waals surface area contributed by atoms with Crippen molar-refractivity contribution in [3.63, 3.8) is 0 Å². The maximum absolute atomic E-state index is 12.0. The van der Waals surface area contributed by atoms with E-state index >= 15 is 0 Å². The Morgan fingerprint density at radius 2 is 1.95 bits per heavy atom. The lowest BCUT2D eigenvalue weighted by atomic mass is 9.85. The predicted molar refractivity (Wildman–Crippen MR) is 80.8 cm³/mol. The molecule has 1 aromatic carbocycles. The van der Waals surface area contributed by atoms with Crippen LogP contribution >= 0.6 is 0 Å². The summed E-state index contributed by atoms with van der Waals surface area (Å²) in [5, 5.41) is 6.52. The van der Waals surface area contributed by atoms with E-state index in [4.69, 9.17) is 9.84 Å². The van der Waals surface area contributed by atoms with Gasteiger partial charge in [0.25, 0.3) is 0 Å². The summed E-state index contributed by atoms with van der Waals surface area (Å²) in [6, 6.07) is 9.44. The topological polar surface area (TPSA) is 41.9 Å². The summed E-state index contributed by atoms with van der Waals surface area (Å²) in [7, 11) is 1.43. The zero-order chi connectivity index (χ0) is 14.8. The van der Waals surface area contributed by atoms with Crippen molar-refractivity contribution in [1.29, 1.82) is 0 Å². The number of anilines is 1. The Labute approximate surface area is 120 Å². The Balaban J connectivity index is 2.40. The van der Waals surface area contributed by atoms with Gasteiger partial charge in [0, 0.05) is 11.1 Å². The lowest BCUT2D eigenvalue weighted by Crippen LogP contribution is -2.44. The molecule has 0 aromatic heterocycles. The number of carbonyl (C=O) groups is 1. The third-order valence-corrected chi connectivity index (χ3v) is 3.54. The Kier molecular flexibility index (Phi) is 4.12. The third-order valence-electron chi connectivity index (χ3n) is 3.54. The van der Waals surface area contributed by atoms with Gasteiger partial charge in [-0.25, -0.2) is 4.79 Å².